The van der Waals surface area contributed by atoms with Crippen LogP contribution in [0.25, 0.3) is 0 Å². The number of piperidine rings is 1. The number of nitrogens with zero attached hydrogens (tertiary/aromatic N) is 1. The molecule has 0 aromatic carbocycles. The number of rotatable bonds is 8. The Kier molecular flexibility index (Phi) is 13.8. The predicted octanol–water partition coefficient (Wildman–Crippen LogP) is 3.40. The summed E-state index contributed by atoms with van der Waals surface area (Å²) in [7, 11) is 1.99. The van der Waals surface area contributed by atoms with Crippen molar-refractivity contribution in [2.24, 2.45) is 11.8 Å². The van der Waals surface area contributed by atoms with Gasteiger partial charge in [0, 0.05) is 19.8 Å². The summed E-state index contributed by atoms with van der Waals surface area (Å²) < 4.78 is 5.73. The van der Waals surface area contributed by atoms with Gasteiger partial charge in [0.05, 0.1) is 0 Å². The van der Waals surface area contributed by atoms with Crippen LogP contribution in [0.15, 0.2) is 0 Å². The highest BCUT2D eigenvalue weighted by atomic mass is 16.5. The molecule has 0 saturated carbocycles. The van der Waals surface area contributed by atoms with E-state index in [1.807, 2.05) is 7.05 Å². The van der Waals surface area contributed by atoms with Crippen molar-refractivity contribution in [3.05, 3.63) is 0 Å². The molecule has 0 aromatic heterocycles. The Hall–Kier alpha value is -0.120. The van der Waals surface area contributed by atoms with E-state index >= 15 is 0 Å². The SMILES string of the molecule is CCC.CNCCCOCC1CCN(CC(C)C)CC1. The summed E-state index contributed by atoms with van der Waals surface area (Å²) >= 11 is 0. The van der Waals surface area contributed by atoms with Crippen molar-refractivity contribution < 1.29 is 4.74 Å². The van der Waals surface area contributed by atoms with Gasteiger partial charge < -0.3 is 15.0 Å². The van der Waals surface area contributed by atoms with E-state index in [4.69, 9.17) is 4.74 Å². The summed E-state index contributed by atoms with van der Waals surface area (Å²) in [5.74, 6) is 1.59. The molecule has 3 heteroatoms. The van der Waals surface area contributed by atoms with Crippen LogP contribution in [0.1, 0.15) is 53.4 Å². The molecule has 1 rings (SSSR count). The minimum absolute atomic E-state index is 0.796. The average molecular weight is 287 g/mol. The molecule has 1 heterocycles. The Morgan fingerprint density at radius 2 is 1.80 bits per heavy atom. The Balaban J connectivity index is 0.00000110. The van der Waals surface area contributed by atoms with E-state index < -0.39 is 0 Å². The van der Waals surface area contributed by atoms with E-state index in [0.29, 0.717) is 0 Å². The Labute approximate surface area is 127 Å². The lowest BCUT2D eigenvalue weighted by molar-refractivity contribution is 0.0635. The van der Waals surface area contributed by atoms with Crippen LogP contribution >= 0.6 is 0 Å². The minimum Gasteiger partial charge on any atom is -0.381 e. The van der Waals surface area contributed by atoms with Crippen LogP contribution in [0.5, 0.6) is 0 Å². The molecule has 122 valence electrons. The molecule has 0 spiro atoms. The van der Waals surface area contributed by atoms with E-state index in [1.54, 1.807) is 0 Å². The van der Waals surface area contributed by atoms with E-state index in [1.165, 1.54) is 38.9 Å². The summed E-state index contributed by atoms with van der Waals surface area (Å²) in [6, 6.07) is 0. The zero-order chi connectivity index (χ0) is 15.2. The molecule has 0 radical (unpaired) electrons. The topological polar surface area (TPSA) is 24.5 Å². The lowest BCUT2D eigenvalue weighted by atomic mass is 9.97. The Morgan fingerprint density at radius 3 is 2.30 bits per heavy atom. The lowest BCUT2D eigenvalue weighted by Crippen LogP contribution is -2.37. The second-order valence-electron chi connectivity index (χ2n) is 6.38. The molecule has 1 aliphatic rings. The molecule has 1 fully saturated rings. The fourth-order valence-corrected chi connectivity index (χ4v) is 2.45. The van der Waals surface area contributed by atoms with Gasteiger partial charge in [0.25, 0.3) is 0 Å². The maximum atomic E-state index is 5.73. The average Bonchev–Trinajstić information content (AvgIpc) is 2.41. The Bertz CT molecular complexity index is 189. The highest BCUT2D eigenvalue weighted by Gasteiger charge is 2.19. The van der Waals surface area contributed by atoms with Crippen molar-refractivity contribution >= 4 is 0 Å². The van der Waals surface area contributed by atoms with Gasteiger partial charge in [-0.1, -0.05) is 34.1 Å². The largest absolute Gasteiger partial charge is 0.381 e. The smallest absolute Gasteiger partial charge is 0.0495 e. The van der Waals surface area contributed by atoms with Crippen LogP contribution in [0.3, 0.4) is 0 Å². The number of ether oxygens (including phenoxy) is 1. The summed E-state index contributed by atoms with van der Waals surface area (Å²) in [5.41, 5.74) is 0. The molecule has 1 N–H and O–H groups in total. The lowest BCUT2D eigenvalue weighted by Gasteiger charge is -2.32. The fourth-order valence-electron chi connectivity index (χ4n) is 2.45. The van der Waals surface area contributed by atoms with E-state index in [2.05, 4.69) is 37.9 Å². The van der Waals surface area contributed by atoms with Crippen LogP contribution in [0, 0.1) is 11.8 Å². The van der Waals surface area contributed by atoms with E-state index in [-0.39, 0.29) is 0 Å². The monoisotopic (exact) mass is 286 g/mol. The van der Waals surface area contributed by atoms with E-state index in [9.17, 15) is 0 Å². The van der Waals surface area contributed by atoms with Crippen LogP contribution in [-0.4, -0.2) is 51.3 Å². The van der Waals surface area contributed by atoms with E-state index in [0.717, 1.165) is 38.0 Å². The molecule has 0 unspecified atom stereocenters. The van der Waals surface area contributed by atoms with Crippen molar-refractivity contribution in [2.45, 2.75) is 53.4 Å². The highest BCUT2D eigenvalue weighted by molar-refractivity contribution is 4.72. The number of nitrogens with one attached hydrogen (secondary N) is 1. The van der Waals surface area contributed by atoms with Crippen molar-refractivity contribution in [3.8, 4) is 0 Å². The second kappa shape index (κ2) is 13.8. The predicted molar refractivity (Wildman–Crippen MR) is 89.3 cm³/mol. The standard InChI is InChI=1S/C14H30N2O.C3H8/c1-13(2)11-16-8-5-14(6-9-16)12-17-10-4-7-15-3;1-3-2/h13-15H,4-12H2,1-3H3;3H2,1-2H3. The van der Waals surface area contributed by atoms with Crippen LogP contribution in [-0.2, 0) is 4.74 Å². The van der Waals surface area contributed by atoms with Crippen LogP contribution < -0.4 is 5.32 Å². The summed E-state index contributed by atoms with van der Waals surface area (Å²) in [6.07, 6.45) is 5.01. The first-order valence-electron chi connectivity index (χ1n) is 8.58. The molecule has 0 aromatic rings. The quantitative estimate of drug-likeness (QED) is 0.692. The third-order valence-corrected chi connectivity index (χ3v) is 3.40. The van der Waals surface area contributed by atoms with Gasteiger partial charge in [0.2, 0.25) is 0 Å². The fraction of sp³-hybridized carbons (Fsp3) is 1.00. The molecule has 20 heavy (non-hydrogen) atoms. The van der Waals surface area contributed by atoms with Gasteiger partial charge in [0.15, 0.2) is 0 Å². The third-order valence-electron chi connectivity index (χ3n) is 3.40. The van der Waals surface area contributed by atoms with Crippen molar-refractivity contribution in [1.29, 1.82) is 0 Å². The van der Waals surface area contributed by atoms with Gasteiger partial charge in [-0.25, -0.2) is 0 Å². The molecular weight excluding hydrogens is 248 g/mol. The molecular formula is C17H38N2O. The number of likely N-dealkylation sites (tertiary alicyclic amines) is 1. The molecule has 0 atom stereocenters. The van der Waals surface area contributed by atoms with Crippen LogP contribution in [0.4, 0.5) is 0 Å². The van der Waals surface area contributed by atoms with Crippen molar-refractivity contribution in [1.82, 2.24) is 10.2 Å². The van der Waals surface area contributed by atoms with Crippen molar-refractivity contribution in [2.75, 3.05) is 46.4 Å². The summed E-state index contributed by atoms with van der Waals surface area (Å²) in [5, 5.41) is 3.14. The maximum Gasteiger partial charge on any atom is 0.0495 e. The minimum atomic E-state index is 0.796. The first-order valence-corrected chi connectivity index (χ1v) is 8.58. The third kappa shape index (κ3) is 11.7. The molecule has 0 aliphatic carbocycles. The van der Waals surface area contributed by atoms with Gasteiger partial charge in [-0.05, 0) is 57.8 Å². The molecule has 0 bridgehead atoms. The molecule has 0 amide bonds. The highest BCUT2D eigenvalue weighted by Crippen LogP contribution is 2.18. The maximum absolute atomic E-state index is 5.73. The van der Waals surface area contributed by atoms with Gasteiger partial charge >= 0.3 is 0 Å². The second-order valence-corrected chi connectivity index (χ2v) is 6.38. The van der Waals surface area contributed by atoms with Crippen molar-refractivity contribution in [3.63, 3.8) is 0 Å². The molecule has 1 saturated heterocycles. The molecule has 3 nitrogen and oxygen atoms in total. The zero-order valence-electron chi connectivity index (χ0n) is 14.6. The number of hydrogen-bond donors (Lipinski definition) is 1. The van der Waals surface area contributed by atoms with Gasteiger partial charge in [-0.2, -0.15) is 0 Å². The molecule has 1 aliphatic heterocycles. The van der Waals surface area contributed by atoms with Gasteiger partial charge in [0.1, 0.15) is 0 Å². The van der Waals surface area contributed by atoms with Gasteiger partial charge in [-0.15, -0.1) is 0 Å². The Morgan fingerprint density at radius 1 is 1.20 bits per heavy atom. The normalized spacial score (nSPS) is 17.1. The summed E-state index contributed by atoms with van der Waals surface area (Å²) in [6.45, 7) is 15.6. The van der Waals surface area contributed by atoms with Crippen LogP contribution in [0.2, 0.25) is 0 Å². The number of hydrogen-bond acceptors (Lipinski definition) is 3. The summed E-state index contributed by atoms with van der Waals surface area (Å²) in [4.78, 5) is 2.60. The zero-order valence-corrected chi connectivity index (χ0v) is 14.6. The van der Waals surface area contributed by atoms with Gasteiger partial charge in [-0.3, -0.25) is 0 Å². The first-order chi connectivity index (χ1) is 9.63. The first kappa shape index (κ1) is 19.9.